The fraction of sp³-hybridized carbons (Fsp3) is 0.259. The van der Waals surface area contributed by atoms with Crippen molar-refractivity contribution in [3.05, 3.63) is 89.0 Å². The zero-order chi connectivity index (χ0) is 23.3. The van der Waals surface area contributed by atoms with Gasteiger partial charge in [-0.3, -0.25) is 14.4 Å². The molecule has 0 radical (unpaired) electrons. The molecular formula is C27H26N2O4. The molecular weight excluding hydrogens is 416 g/mol. The highest BCUT2D eigenvalue weighted by Crippen LogP contribution is 2.48. The lowest BCUT2D eigenvalue weighted by molar-refractivity contribution is -0.126. The molecule has 33 heavy (non-hydrogen) atoms. The fourth-order valence-corrected chi connectivity index (χ4v) is 5.12. The first-order valence-electron chi connectivity index (χ1n) is 11.0. The highest BCUT2D eigenvalue weighted by atomic mass is 16.7. The Morgan fingerprint density at radius 2 is 1.55 bits per heavy atom. The van der Waals surface area contributed by atoms with Gasteiger partial charge in [-0.2, -0.15) is 0 Å². The Bertz CT molecular complexity index is 1220. The number of benzene rings is 3. The molecule has 3 atom stereocenters. The summed E-state index contributed by atoms with van der Waals surface area (Å²) in [6.07, 6.45) is -0.894. The molecule has 3 aromatic rings. The van der Waals surface area contributed by atoms with Gasteiger partial charge in [-0.1, -0.05) is 48.0 Å². The van der Waals surface area contributed by atoms with E-state index >= 15 is 0 Å². The number of amides is 2. The number of ether oxygens (including phenoxy) is 1. The van der Waals surface area contributed by atoms with E-state index in [0.29, 0.717) is 11.4 Å². The number of para-hydroxylation sites is 1. The molecule has 168 valence electrons. The number of imide groups is 1. The Labute approximate surface area is 193 Å². The number of aryl methyl sites for hydroxylation is 3. The molecule has 0 N–H and O–H groups in total. The van der Waals surface area contributed by atoms with Gasteiger partial charge in [-0.25, -0.2) is 9.96 Å². The monoisotopic (exact) mass is 442 g/mol. The van der Waals surface area contributed by atoms with Crippen LogP contribution in [-0.4, -0.2) is 25.0 Å². The molecule has 3 aromatic carbocycles. The Hall–Kier alpha value is -3.64. The fourth-order valence-electron chi connectivity index (χ4n) is 5.12. The van der Waals surface area contributed by atoms with Crippen molar-refractivity contribution in [2.24, 2.45) is 5.92 Å². The SMILES string of the molecule is COc1cccc([C@@H]2[C@H]3C(=O)N(c4c(C)cc(C)cc4C)C(=O)[C@@H]3ON2c2ccccc2)c1. The highest BCUT2D eigenvalue weighted by molar-refractivity contribution is 6.24. The summed E-state index contributed by atoms with van der Waals surface area (Å²) < 4.78 is 5.43. The van der Waals surface area contributed by atoms with Crippen LogP contribution in [0.4, 0.5) is 11.4 Å². The van der Waals surface area contributed by atoms with E-state index in [9.17, 15) is 9.59 Å². The van der Waals surface area contributed by atoms with Gasteiger partial charge in [-0.15, -0.1) is 0 Å². The second kappa shape index (κ2) is 8.05. The van der Waals surface area contributed by atoms with Crippen molar-refractivity contribution in [1.82, 2.24) is 0 Å². The first-order valence-corrected chi connectivity index (χ1v) is 11.0. The molecule has 6 heteroatoms. The van der Waals surface area contributed by atoms with Crippen LogP contribution in [0.25, 0.3) is 0 Å². The molecule has 0 unspecified atom stereocenters. The van der Waals surface area contributed by atoms with Crippen LogP contribution in [0.1, 0.15) is 28.3 Å². The van der Waals surface area contributed by atoms with E-state index in [2.05, 4.69) is 0 Å². The highest BCUT2D eigenvalue weighted by Gasteiger charge is 2.60. The number of fused-ring (bicyclic) bond motifs is 1. The summed E-state index contributed by atoms with van der Waals surface area (Å²) >= 11 is 0. The maximum atomic E-state index is 13.9. The summed E-state index contributed by atoms with van der Waals surface area (Å²) in [6, 6.07) is 20.7. The first kappa shape index (κ1) is 21.2. The number of hydrogen-bond donors (Lipinski definition) is 0. The maximum absolute atomic E-state index is 13.9. The molecule has 2 aliphatic rings. The summed E-state index contributed by atoms with van der Waals surface area (Å²) in [6.45, 7) is 5.87. The summed E-state index contributed by atoms with van der Waals surface area (Å²) in [5.74, 6) is -0.564. The van der Waals surface area contributed by atoms with Crippen molar-refractivity contribution in [3.8, 4) is 5.75 Å². The molecule has 2 saturated heterocycles. The van der Waals surface area contributed by atoms with E-state index in [1.807, 2.05) is 87.5 Å². The van der Waals surface area contributed by atoms with Gasteiger partial charge in [0.2, 0.25) is 5.91 Å². The van der Waals surface area contributed by atoms with Crippen LogP contribution in [0.2, 0.25) is 0 Å². The lowest BCUT2D eigenvalue weighted by Crippen LogP contribution is -2.38. The van der Waals surface area contributed by atoms with Crippen LogP contribution in [0, 0.1) is 26.7 Å². The minimum atomic E-state index is -0.894. The third kappa shape index (κ3) is 3.38. The minimum Gasteiger partial charge on any atom is -0.497 e. The van der Waals surface area contributed by atoms with Gasteiger partial charge in [0.05, 0.1) is 24.5 Å². The number of hydrogen-bond acceptors (Lipinski definition) is 5. The number of rotatable bonds is 4. The van der Waals surface area contributed by atoms with E-state index in [4.69, 9.17) is 9.57 Å². The van der Waals surface area contributed by atoms with Crippen LogP contribution in [0.3, 0.4) is 0 Å². The predicted molar refractivity (Wildman–Crippen MR) is 126 cm³/mol. The molecule has 6 nitrogen and oxygen atoms in total. The maximum Gasteiger partial charge on any atom is 0.266 e. The second-order valence-electron chi connectivity index (χ2n) is 8.69. The lowest BCUT2D eigenvalue weighted by atomic mass is 9.90. The summed E-state index contributed by atoms with van der Waals surface area (Å²) in [5, 5.41) is 1.70. The van der Waals surface area contributed by atoms with Crippen molar-refractivity contribution in [2.45, 2.75) is 32.9 Å². The Kier molecular flexibility index (Phi) is 5.17. The Morgan fingerprint density at radius 3 is 2.21 bits per heavy atom. The van der Waals surface area contributed by atoms with Gasteiger partial charge in [-0.05, 0) is 61.7 Å². The normalized spacial score (nSPS) is 22.1. The van der Waals surface area contributed by atoms with Crippen molar-refractivity contribution < 1.29 is 19.2 Å². The average molecular weight is 443 g/mol. The third-order valence-corrected chi connectivity index (χ3v) is 6.42. The van der Waals surface area contributed by atoms with E-state index in [1.54, 1.807) is 12.2 Å². The second-order valence-corrected chi connectivity index (χ2v) is 8.69. The third-order valence-electron chi connectivity index (χ3n) is 6.42. The lowest BCUT2D eigenvalue weighted by Gasteiger charge is -2.29. The zero-order valence-electron chi connectivity index (χ0n) is 19.1. The molecule has 2 heterocycles. The smallest absolute Gasteiger partial charge is 0.266 e. The molecule has 2 fully saturated rings. The number of methoxy groups -OCH3 is 1. The van der Waals surface area contributed by atoms with Gasteiger partial charge in [0.1, 0.15) is 11.7 Å². The van der Waals surface area contributed by atoms with Crippen LogP contribution in [0.15, 0.2) is 66.7 Å². The number of carbonyl (C=O) groups excluding carboxylic acids is 2. The molecule has 0 aromatic heterocycles. The van der Waals surface area contributed by atoms with E-state index in [0.717, 1.165) is 27.9 Å². The van der Waals surface area contributed by atoms with Crippen molar-refractivity contribution in [3.63, 3.8) is 0 Å². The summed E-state index contributed by atoms with van der Waals surface area (Å²) in [7, 11) is 1.61. The number of nitrogens with zero attached hydrogens (tertiary/aromatic N) is 2. The van der Waals surface area contributed by atoms with E-state index < -0.39 is 18.1 Å². The Balaban J connectivity index is 1.62. The van der Waals surface area contributed by atoms with Crippen molar-refractivity contribution in [1.29, 1.82) is 0 Å². The van der Waals surface area contributed by atoms with Crippen LogP contribution >= 0.6 is 0 Å². The molecule has 2 amide bonds. The van der Waals surface area contributed by atoms with Gasteiger partial charge < -0.3 is 4.74 Å². The van der Waals surface area contributed by atoms with Gasteiger partial charge in [0, 0.05) is 0 Å². The van der Waals surface area contributed by atoms with Crippen molar-refractivity contribution >= 4 is 23.2 Å². The number of hydroxylamine groups is 1. The Morgan fingerprint density at radius 1 is 0.848 bits per heavy atom. The van der Waals surface area contributed by atoms with Gasteiger partial charge in [0.25, 0.3) is 5.91 Å². The molecule has 0 spiro atoms. The first-order chi connectivity index (χ1) is 15.9. The largest absolute Gasteiger partial charge is 0.497 e. The quantitative estimate of drug-likeness (QED) is 0.550. The standard InChI is InChI=1S/C27H26N2O4/c1-16-13-17(2)23(18(3)14-16)28-26(30)22-24(19-9-8-12-21(15-19)32-4)29(33-25(22)27(28)31)20-10-6-5-7-11-20/h5-15,22,24-25H,1-4H3/t22-,24-,25-/m1/s1. The van der Waals surface area contributed by atoms with Gasteiger partial charge in [0.15, 0.2) is 6.10 Å². The van der Waals surface area contributed by atoms with Crippen LogP contribution < -0.4 is 14.7 Å². The molecule has 5 rings (SSSR count). The van der Waals surface area contributed by atoms with E-state index in [1.165, 1.54) is 4.90 Å². The minimum absolute atomic E-state index is 0.244. The van der Waals surface area contributed by atoms with Crippen LogP contribution in [-0.2, 0) is 14.4 Å². The molecule has 0 saturated carbocycles. The zero-order valence-corrected chi connectivity index (χ0v) is 19.1. The summed E-state index contributed by atoms with van der Waals surface area (Å²) in [5.41, 5.74) is 5.18. The van der Waals surface area contributed by atoms with E-state index in [-0.39, 0.29) is 11.8 Å². The van der Waals surface area contributed by atoms with Crippen LogP contribution in [0.5, 0.6) is 5.75 Å². The number of anilines is 2. The van der Waals surface area contributed by atoms with Crippen molar-refractivity contribution in [2.75, 3.05) is 17.1 Å². The summed E-state index contributed by atoms with van der Waals surface area (Å²) in [4.78, 5) is 35.0. The molecule has 2 aliphatic heterocycles. The van der Waals surface area contributed by atoms with Gasteiger partial charge >= 0.3 is 0 Å². The average Bonchev–Trinajstić information content (AvgIpc) is 3.31. The topological polar surface area (TPSA) is 59.1 Å². The predicted octanol–water partition coefficient (Wildman–Crippen LogP) is 4.67. The molecule has 0 aliphatic carbocycles. The molecule has 0 bridgehead atoms. The number of carbonyl (C=O) groups is 2.